The third-order valence-corrected chi connectivity index (χ3v) is 2.86. The third-order valence-electron chi connectivity index (χ3n) is 1.96. The molecule has 0 unspecified atom stereocenters. The van der Waals surface area contributed by atoms with Gasteiger partial charge in [0.15, 0.2) is 0 Å². The van der Waals surface area contributed by atoms with E-state index in [1.54, 1.807) is 12.1 Å². The van der Waals surface area contributed by atoms with Crippen LogP contribution in [0.2, 0.25) is 5.02 Å². The maximum Gasteiger partial charge on any atom is 0.229 e. The van der Waals surface area contributed by atoms with Gasteiger partial charge in [-0.3, -0.25) is 4.72 Å². The van der Waals surface area contributed by atoms with Crippen LogP contribution in [0.5, 0.6) is 0 Å². The lowest BCUT2D eigenvalue weighted by molar-refractivity contribution is 0.607. The number of nitrogens with one attached hydrogen (secondary N) is 1. The van der Waals surface area contributed by atoms with Crippen LogP contribution in [0.15, 0.2) is 18.2 Å². The van der Waals surface area contributed by atoms with Crippen molar-refractivity contribution in [2.45, 2.75) is 19.8 Å². The summed E-state index contributed by atoms with van der Waals surface area (Å²) in [5.74, 6) is 0.370. The summed E-state index contributed by atoms with van der Waals surface area (Å²) < 4.78 is 24.4. The molecule has 0 heterocycles. The summed E-state index contributed by atoms with van der Waals surface area (Å²) >= 11 is 5.95. The summed E-state index contributed by atoms with van der Waals surface area (Å²) in [6, 6.07) is 5.32. The molecule has 3 nitrogen and oxygen atoms in total. The van der Waals surface area contributed by atoms with Crippen LogP contribution in [-0.2, 0) is 10.0 Å². The van der Waals surface area contributed by atoms with E-state index in [1.165, 1.54) is 0 Å². The molecule has 1 N–H and O–H groups in total. The van der Waals surface area contributed by atoms with Gasteiger partial charge in [-0.15, -0.1) is 0 Å². The topological polar surface area (TPSA) is 46.2 Å². The molecular formula is C10H14ClNO2S. The fourth-order valence-corrected chi connectivity index (χ4v) is 2.04. The molecule has 84 valence electrons. The van der Waals surface area contributed by atoms with Crippen LogP contribution in [0.3, 0.4) is 0 Å². The zero-order valence-electron chi connectivity index (χ0n) is 8.91. The molecule has 0 spiro atoms. The van der Waals surface area contributed by atoms with Gasteiger partial charge in [0, 0.05) is 0 Å². The first kappa shape index (κ1) is 12.3. The molecule has 0 aliphatic heterocycles. The molecule has 0 aromatic heterocycles. The summed E-state index contributed by atoms with van der Waals surface area (Å²) in [5.41, 5.74) is 1.50. The predicted octanol–water partition coefficient (Wildman–Crippen LogP) is 2.83. The first-order chi connectivity index (χ1) is 6.79. The SMILES string of the molecule is CC(C)c1ccc(NS(C)(=O)=O)c(Cl)c1. The summed E-state index contributed by atoms with van der Waals surface area (Å²) in [7, 11) is -3.27. The maximum absolute atomic E-state index is 11.0. The van der Waals surface area contributed by atoms with Gasteiger partial charge < -0.3 is 0 Å². The lowest BCUT2D eigenvalue weighted by atomic mass is 10.0. The Hall–Kier alpha value is -0.740. The average Bonchev–Trinajstić information content (AvgIpc) is 2.05. The molecule has 0 amide bonds. The van der Waals surface area contributed by atoms with Crippen LogP contribution in [0.1, 0.15) is 25.3 Å². The first-order valence-electron chi connectivity index (χ1n) is 4.57. The molecule has 0 bridgehead atoms. The van der Waals surface area contributed by atoms with Crippen molar-refractivity contribution in [2.75, 3.05) is 11.0 Å². The van der Waals surface area contributed by atoms with E-state index in [-0.39, 0.29) is 0 Å². The highest BCUT2D eigenvalue weighted by atomic mass is 35.5. The van der Waals surface area contributed by atoms with Crippen molar-refractivity contribution in [2.24, 2.45) is 0 Å². The van der Waals surface area contributed by atoms with Crippen molar-refractivity contribution < 1.29 is 8.42 Å². The van der Waals surface area contributed by atoms with Crippen molar-refractivity contribution in [1.29, 1.82) is 0 Å². The highest BCUT2D eigenvalue weighted by Gasteiger charge is 2.08. The molecule has 1 rings (SSSR count). The van der Waals surface area contributed by atoms with Crippen LogP contribution in [0.25, 0.3) is 0 Å². The van der Waals surface area contributed by atoms with Crippen molar-refractivity contribution in [3.8, 4) is 0 Å². The van der Waals surface area contributed by atoms with Gasteiger partial charge in [0.05, 0.1) is 17.0 Å². The summed E-state index contributed by atoms with van der Waals surface area (Å²) in [5, 5.41) is 0.423. The van der Waals surface area contributed by atoms with Gasteiger partial charge in [-0.2, -0.15) is 0 Å². The fourth-order valence-electron chi connectivity index (χ4n) is 1.17. The third kappa shape index (κ3) is 3.72. The van der Waals surface area contributed by atoms with Gasteiger partial charge in [-0.05, 0) is 23.6 Å². The number of benzene rings is 1. The van der Waals surface area contributed by atoms with Gasteiger partial charge in [0.2, 0.25) is 10.0 Å². The Morgan fingerprint density at radius 3 is 2.33 bits per heavy atom. The number of halogens is 1. The minimum Gasteiger partial charge on any atom is -0.282 e. The van der Waals surface area contributed by atoms with Crippen LogP contribution in [0.4, 0.5) is 5.69 Å². The summed E-state index contributed by atoms with van der Waals surface area (Å²) in [4.78, 5) is 0. The number of hydrogen-bond acceptors (Lipinski definition) is 2. The van der Waals surface area contributed by atoms with Crippen LogP contribution >= 0.6 is 11.6 Å². The van der Waals surface area contributed by atoms with Gasteiger partial charge in [0.1, 0.15) is 0 Å². The smallest absolute Gasteiger partial charge is 0.229 e. The Bertz CT molecular complexity index is 454. The van der Waals surface area contributed by atoms with Gasteiger partial charge in [-0.25, -0.2) is 8.42 Å². The van der Waals surface area contributed by atoms with E-state index < -0.39 is 10.0 Å². The second-order valence-corrected chi connectivity index (χ2v) is 5.92. The van der Waals surface area contributed by atoms with E-state index in [9.17, 15) is 8.42 Å². The highest BCUT2D eigenvalue weighted by Crippen LogP contribution is 2.26. The number of rotatable bonds is 3. The van der Waals surface area contributed by atoms with Gasteiger partial charge in [0.25, 0.3) is 0 Å². The molecule has 1 aromatic carbocycles. The number of sulfonamides is 1. The van der Waals surface area contributed by atoms with Crippen molar-refractivity contribution in [3.63, 3.8) is 0 Å². The molecule has 0 radical (unpaired) electrons. The van der Waals surface area contributed by atoms with Crippen LogP contribution in [0, 0.1) is 0 Å². The molecule has 0 aliphatic carbocycles. The zero-order valence-corrected chi connectivity index (χ0v) is 10.5. The first-order valence-corrected chi connectivity index (χ1v) is 6.84. The van der Waals surface area contributed by atoms with E-state index in [4.69, 9.17) is 11.6 Å². The van der Waals surface area contributed by atoms with Crippen molar-refractivity contribution in [3.05, 3.63) is 28.8 Å². The Kier molecular flexibility index (Phi) is 3.62. The monoisotopic (exact) mass is 247 g/mol. The minimum absolute atomic E-state index is 0.370. The van der Waals surface area contributed by atoms with E-state index in [0.717, 1.165) is 11.8 Å². The minimum atomic E-state index is -3.27. The maximum atomic E-state index is 11.0. The van der Waals surface area contributed by atoms with E-state index >= 15 is 0 Å². The fraction of sp³-hybridized carbons (Fsp3) is 0.400. The van der Waals surface area contributed by atoms with E-state index in [1.807, 2.05) is 6.07 Å². The second-order valence-electron chi connectivity index (χ2n) is 3.77. The zero-order chi connectivity index (χ0) is 11.6. The molecule has 0 saturated carbocycles. The van der Waals surface area contributed by atoms with Crippen molar-refractivity contribution >= 4 is 27.3 Å². The normalized spacial score (nSPS) is 11.8. The van der Waals surface area contributed by atoms with E-state index in [0.29, 0.717) is 16.6 Å². The van der Waals surface area contributed by atoms with E-state index in [2.05, 4.69) is 18.6 Å². The molecule has 0 saturated heterocycles. The molecular weight excluding hydrogens is 234 g/mol. The lowest BCUT2D eigenvalue weighted by Crippen LogP contribution is -2.10. The Morgan fingerprint density at radius 2 is 1.93 bits per heavy atom. The molecule has 0 atom stereocenters. The van der Waals surface area contributed by atoms with Gasteiger partial charge >= 0.3 is 0 Å². The Labute approximate surface area is 95.5 Å². The second kappa shape index (κ2) is 4.41. The predicted molar refractivity (Wildman–Crippen MR) is 64.0 cm³/mol. The molecule has 0 fully saturated rings. The molecule has 5 heteroatoms. The molecule has 1 aromatic rings. The Morgan fingerprint density at radius 1 is 1.33 bits per heavy atom. The summed E-state index contributed by atoms with van der Waals surface area (Å²) in [6.07, 6.45) is 1.10. The Balaban J connectivity index is 3.04. The number of hydrogen-bond donors (Lipinski definition) is 1. The number of anilines is 1. The van der Waals surface area contributed by atoms with Gasteiger partial charge in [-0.1, -0.05) is 31.5 Å². The lowest BCUT2D eigenvalue weighted by Gasteiger charge is -2.10. The molecule has 15 heavy (non-hydrogen) atoms. The van der Waals surface area contributed by atoms with Crippen LogP contribution < -0.4 is 4.72 Å². The average molecular weight is 248 g/mol. The molecule has 0 aliphatic rings. The standard InChI is InChI=1S/C10H14ClNO2S/c1-7(2)8-4-5-10(9(11)6-8)12-15(3,13)14/h4-7,12H,1-3H3. The highest BCUT2D eigenvalue weighted by molar-refractivity contribution is 7.92. The quantitative estimate of drug-likeness (QED) is 0.893. The van der Waals surface area contributed by atoms with Crippen LogP contribution in [-0.4, -0.2) is 14.7 Å². The largest absolute Gasteiger partial charge is 0.282 e. The summed E-state index contributed by atoms with van der Waals surface area (Å²) in [6.45, 7) is 4.10. The van der Waals surface area contributed by atoms with Crippen molar-refractivity contribution in [1.82, 2.24) is 0 Å².